The van der Waals surface area contributed by atoms with E-state index in [1.165, 1.54) is 0 Å². The Kier molecular flexibility index (Phi) is 6.04. The Morgan fingerprint density at radius 1 is 1.03 bits per heavy atom. The summed E-state index contributed by atoms with van der Waals surface area (Å²) in [4.78, 5) is 20.2. The summed E-state index contributed by atoms with van der Waals surface area (Å²) in [6.07, 6.45) is 5.75. The molecule has 3 heterocycles. The standard InChI is InChI=1S/C26H28N6O/c1-2-27-20-12-15-31(16-13-20)24-11-7-6-10-22(24)30-26(33)23-14-17-32-25(29-23)21(18-28-32)19-8-4-3-5-9-19/h3-11,14,17-18,20,27H,2,12-13,15-16H2,1H3,(H,30,33). The molecule has 1 aliphatic rings. The molecule has 0 bridgehead atoms. The summed E-state index contributed by atoms with van der Waals surface area (Å²) in [6.45, 7) is 5.07. The molecule has 5 rings (SSSR count). The van der Waals surface area contributed by atoms with Crippen LogP contribution in [-0.4, -0.2) is 46.2 Å². The molecule has 2 aromatic carbocycles. The minimum atomic E-state index is -0.229. The number of piperidine rings is 1. The van der Waals surface area contributed by atoms with Crippen LogP contribution in [0.2, 0.25) is 0 Å². The maximum absolute atomic E-state index is 13.2. The van der Waals surface area contributed by atoms with Crippen LogP contribution in [0.15, 0.2) is 73.1 Å². The van der Waals surface area contributed by atoms with Gasteiger partial charge in [-0.1, -0.05) is 49.4 Å². The molecule has 168 valence electrons. The monoisotopic (exact) mass is 440 g/mol. The van der Waals surface area contributed by atoms with Crippen LogP contribution in [-0.2, 0) is 0 Å². The number of amides is 1. The second-order valence-corrected chi connectivity index (χ2v) is 8.30. The van der Waals surface area contributed by atoms with Crippen molar-refractivity contribution in [1.29, 1.82) is 0 Å². The molecule has 1 amide bonds. The number of hydrogen-bond acceptors (Lipinski definition) is 5. The van der Waals surface area contributed by atoms with Crippen LogP contribution in [0.3, 0.4) is 0 Å². The lowest BCUT2D eigenvalue weighted by Gasteiger charge is -2.35. The molecule has 33 heavy (non-hydrogen) atoms. The number of para-hydroxylation sites is 2. The Morgan fingerprint density at radius 2 is 1.79 bits per heavy atom. The van der Waals surface area contributed by atoms with Crippen LogP contribution in [0.5, 0.6) is 0 Å². The third-order valence-corrected chi connectivity index (χ3v) is 6.17. The van der Waals surface area contributed by atoms with E-state index < -0.39 is 0 Å². The molecule has 0 saturated carbocycles. The highest BCUT2D eigenvalue weighted by Gasteiger charge is 2.21. The van der Waals surface area contributed by atoms with Crippen molar-refractivity contribution in [3.8, 4) is 11.1 Å². The summed E-state index contributed by atoms with van der Waals surface area (Å²) >= 11 is 0. The van der Waals surface area contributed by atoms with Crippen molar-refractivity contribution in [2.24, 2.45) is 0 Å². The number of hydrogen-bond donors (Lipinski definition) is 2. The van der Waals surface area contributed by atoms with E-state index in [0.717, 1.165) is 55.0 Å². The topological polar surface area (TPSA) is 74.6 Å². The molecule has 7 nitrogen and oxygen atoms in total. The van der Waals surface area contributed by atoms with Crippen LogP contribution in [0.1, 0.15) is 30.3 Å². The normalized spacial score (nSPS) is 14.5. The summed E-state index contributed by atoms with van der Waals surface area (Å²) in [7, 11) is 0. The molecule has 0 atom stereocenters. The number of nitrogens with one attached hydrogen (secondary N) is 2. The highest BCUT2D eigenvalue weighted by atomic mass is 16.1. The summed E-state index contributed by atoms with van der Waals surface area (Å²) in [5, 5.41) is 11.0. The second-order valence-electron chi connectivity index (χ2n) is 8.30. The zero-order chi connectivity index (χ0) is 22.6. The highest BCUT2D eigenvalue weighted by Crippen LogP contribution is 2.29. The summed E-state index contributed by atoms with van der Waals surface area (Å²) in [5.74, 6) is -0.229. The minimum absolute atomic E-state index is 0.229. The average Bonchev–Trinajstić information content (AvgIpc) is 3.29. The van der Waals surface area contributed by atoms with Gasteiger partial charge in [0.15, 0.2) is 5.65 Å². The molecule has 7 heteroatoms. The van der Waals surface area contributed by atoms with E-state index >= 15 is 0 Å². The van der Waals surface area contributed by atoms with E-state index in [0.29, 0.717) is 17.4 Å². The molecule has 0 radical (unpaired) electrons. The Bertz CT molecular complexity index is 1240. The van der Waals surface area contributed by atoms with Gasteiger partial charge in [-0.05, 0) is 43.1 Å². The van der Waals surface area contributed by atoms with Crippen molar-refractivity contribution in [3.63, 3.8) is 0 Å². The molecule has 0 spiro atoms. The molecule has 4 aromatic rings. The fraction of sp³-hybridized carbons (Fsp3) is 0.269. The van der Waals surface area contributed by atoms with Gasteiger partial charge in [0.25, 0.3) is 5.91 Å². The molecular formula is C26H28N6O. The first-order valence-electron chi connectivity index (χ1n) is 11.5. The van der Waals surface area contributed by atoms with E-state index in [4.69, 9.17) is 0 Å². The van der Waals surface area contributed by atoms with Gasteiger partial charge in [-0.25, -0.2) is 9.50 Å². The van der Waals surface area contributed by atoms with Gasteiger partial charge in [0.2, 0.25) is 0 Å². The molecule has 1 saturated heterocycles. The van der Waals surface area contributed by atoms with Crippen molar-refractivity contribution >= 4 is 22.9 Å². The highest BCUT2D eigenvalue weighted by molar-refractivity contribution is 6.05. The lowest BCUT2D eigenvalue weighted by atomic mass is 10.0. The number of aromatic nitrogens is 3. The van der Waals surface area contributed by atoms with Crippen LogP contribution >= 0.6 is 0 Å². The minimum Gasteiger partial charge on any atom is -0.370 e. The number of fused-ring (bicyclic) bond motifs is 1. The largest absolute Gasteiger partial charge is 0.370 e. The zero-order valence-electron chi connectivity index (χ0n) is 18.7. The van der Waals surface area contributed by atoms with Gasteiger partial charge in [-0.3, -0.25) is 4.79 Å². The van der Waals surface area contributed by atoms with Gasteiger partial charge >= 0.3 is 0 Å². The van der Waals surface area contributed by atoms with Crippen molar-refractivity contribution in [2.75, 3.05) is 29.9 Å². The van der Waals surface area contributed by atoms with Crippen LogP contribution in [0.4, 0.5) is 11.4 Å². The smallest absolute Gasteiger partial charge is 0.274 e. The van der Waals surface area contributed by atoms with E-state index in [2.05, 4.69) is 38.6 Å². The third kappa shape index (κ3) is 4.45. The van der Waals surface area contributed by atoms with E-state index in [9.17, 15) is 4.79 Å². The Morgan fingerprint density at radius 3 is 2.58 bits per heavy atom. The Balaban J connectivity index is 1.37. The number of anilines is 2. The van der Waals surface area contributed by atoms with Crippen molar-refractivity contribution in [1.82, 2.24) is 19.9 Å². The molecule has 0 aliphatic carbocycles. The third-order valence-electron chi connectivity index (χ3n) is 6.17. The molecule has 1 fully saturated rings. The fourth-order valence-corrected chi connectivity index (χ4v) is 4.47. The van der Waals surface area contributed by atoms with Gasteiger partial charge in [-0.15, -0.1) is 0 Å². The molecule has 2 N–H and O–H groups in total. The first-order chi connectivity index (χ1) is 16.2. The van der Waals surface area contributed by atoms with Gasteiger partial charge < -0.3 is 15.5 Å². The van der Waals surface area contributed by atoms with Crippen LogP contribution in [0.25, 0.3) is 16.8 Å². The maximum atomic E-state index is 13.2. The quantitative estimate of drug-likeness (QED) is 0.469. The molecular weight excluding hydrogens is 412 g/mol. The van der Waals surface area contributed by atoms with Crippen molar-refractivity contribution in [3.05, 3.63) is 78.8 Å². The zero-order valence-corrected chi connectivity index (χ0v) is 18.7. The number of benzene rings is 2. The number of carbonyl (C=O) groups is 1. The first kappa shape index (κ1) is 21.2. The summed E-state index contributed by atoms with van der Waals surface area (Å²) in [6, 6.07) is 20.2. The van der Waals surface area contributed by atoms with Gasteiger partial charge in [0, 0.05) is 30.9 Å². The number of nitrogens with zero attached hydrogens (tertiary/aromatic N) is 4. The average molecular weight is 441 g/mol. The Hall–Kier alpha value is -3.71. The Labute approximate surface area is 193 Å². The van der Waals surface area contributed by atoms with Crippen LogP contribution in [0, 0.1) is 0 Å². The predicted octanol–water partition coefficient (Wildman–Crippen LogP) is 4.23. The molecule has 1 aliphatic heterocycles. The van der Waals surface area contributed by atoms with E-state index in [1.807, 2.05) is 48.5 Å². The SMILES string of the molecule is CCNC1CCN(c2ccccc2NC(=O)c2ccn3ncc(-c4ccccc4)c3n2)CC1. The van der Waals surface area contributed by atoms with Crippen molar-refractivity contribution in [2.45, 2.75) is 25.8 Å². The molecule has 2 aromatic heterocycles. The lowest BCUT2D eigenvalue weighted by Crippen LogP contribution is -2.42. The second kappa shape index (κ2) is 9.42. The van der Waals surface area contributed by atoms with Gasteiger partial charge in [-0.2, -0.15) is 5.10 Å². The maximum Gasteiger partial charge on any atom is 0.274 e. The molecule has 0 unspecified atom stereocenters. The van der Waals surface area contributed by atoms with Gasteiger partial charge in [0.1, 0.15) is 5.69 Å². The summed E-state index contributed by atoms with van der Waals surface area (Å²) in [5.41, 5.74) is 4.80. The van der Waals surface area contributed by atoms with Crippen molar-refractivity contribution < 1.29 is 4.79 Å². The first-order valence-corrected chi connectivity index (χ1v) is 11.5. The predicted molar refractivity (Wildman–Crippen MR) is 132 cm³/mol. The lowest BCUT2D eigenvalue weighted by molar-refractivity contribution is 0.102. The van der Waals surface area contributed by atoms with E-state index in [1.54, 1.807) is 23.0 Å². The van der Waals surface area contributed by atoms with E-state index in [-0.39, 0.29) is 5.91 Å². The summed E-state index contributed by atoms with van der Waals surface area (Å²) < 4.78 is 1.70. The number of carbonyl (C=O) groups excluding carboxylic acids is 1. The van der Waals surface area contributed by atoms with Crippen LogP contribution < -0.4 is 15.5 Å². The van der Waals surface area contributed by atoms with Gasteiger partial charge in [0.05, 0.1) is 17.6 Å². The fourth-order valence-electron chi connectivity index (χ4n) is 4.47. The number of rotatable bonds is 6.